The van der Waals surface area contributed by atoms with Gasteiger partial charge in [0.25, 0.3) is 0 Å². The summed E-state index contributed by atoms with van der Waals surface area (Å²) in [6.07, 6.45) is 3.12. The second kappa shape index (κ2) is 4.81. The molecule has 2 fully saturated rings. The Bertz CT molecular complexity index is 559. The molecule has 0 radical (unpaired) electrons. The quantitative estimate of drug-likeness (QED) is 0.884. The number of nitrogens with one attached hydrogen (secondary N) is 1. The molecular weight excluding hydrogens is 258 g/mol. The number of rotatable bonds is 4. The summed E-state index contributed by atoms with van der Waals surface area (Å²) in [5.41, 5.74) is 0.393. The Labute approximate surface area is 116 Å². The molecule has 5 heteroatoms. The van der Waals surface area contributed by atoms with Crippen LogP contribution in [0.3, 0.4) is 0 Å². The molecule has 2 unspecified atom stereocenters. The monoisotopic (exact) mass is 275 g/mol. The fourth-order valence-corrected chi connectivity index (χ4v) is 3.10. The largest absolute Gasteiger partial charge is 0.497 e. The molecule has 0 aliphatic heterocycles. The molecule has 2 saturated carbocycles. The van der Waals surface area contributed by atoms with Crippen LogP contribution >= 0.6 is 0 Å². The van der Waals surface area contributed by atoms with Crippen LogP contribution in [0.2, 0.25) is 0 Å². The van der Waals surface area contributed by atoms with E-state index in [-0.39, 0.29) is 17.4 Å². The average Bonchev–Trinajstić information content (AvgIpc) is 3.04. The van der Waals surface area contributed by atoms with E-state index in [9.17, 15) is 9.59 Å². The summed E-state index contributed by atoms with van der Waals surface area (Å²) in [5, 5.41) is 11.9. The van der Waals surface area contributed by atoms with Gasteiger partial charge < -0.3 is 15.2 Å². The van der Waals surface area contributed by atoms with Gasteiger partial charge in [0, 0.05) is 12.0 Å². The number of fused-ring (bicyclic) bond motifs is 1. The zero-order valence-electron chi connectivity index (χ0n) is 11.3. The lowest BCUT2D eigenvalue weighted by Gasteiger charge is -2.14. The van der Waals surface area contributed by atoms with Crippen LogP contribution in [0.15, 0.2) is 18.2 Å². The number of carbonyl (C=O) groups is 2. The number of amides is 1. The van der Waals surface area contributed by atoms with Gasteiger partial charge in [-0.2, -0.15) is 0 Å². The Hall–Kier alpha value is -2.04. The molecule has 0 spiro atoms. The SMILES string of the molecule is COc1ccc(C(=O)O)c(NC(=O)C2CC3CC3C2)c1. The Kier molecular flexibility index (Phi) is 3.12. The maximum atomic E-state index is 12.2. The molecule has 1 aromatic carbocycles. The third-order valence-corrected chi connectivity index (χ3v) is 4.33. The molecule has 0 heterocycles. The Morgan fingerprint density at radius 3 is 2.55 bits per heavy atom. The normalized spacial score (nSPS) is 26.8. The molecule has 106 valence electrons. The van der Waals surface area contributed by atoms with E-state index in [0.29, 0.717) is 11.4 Å². The first-order chi connectivity index (χ1) is 9.58. The molecule has 2 aliphatic carbocycles. The van der Waals surface area contributed by atoms with Crippen LogP contribution in [0.1, 0.15) is 29.6 Å². The van der Waals surface area contributed by atoms with E-state index >= 15 is 0 Å². The smallest absolute Gasteiger partial charge is 0.337 e. The van der Waals surface area contributed by atoms with Crippen molar-refractivity contribution >= 4 is 17.6 Å². The van der Waals surface area contributed by atoms with Crippen LogP contribution in [0, 0.1) is 17.8 Å². The predicted molar refractivity (Wildman–Crippen MR) is 72.9 cm³/mol. The van der Waals surface area contributed by atoms with Crippen molar-refractivity contribution in [3.8, 4) is 5.75 Å². The lowest BCUT2D eigenvalue weighted by Crippen LogP contribution is -2.22. The minimum Gasteiger partial charge on any atom is -0.497 e. The number of ether oxygens (including phenoxy) is 1. The van der Waals surface area contributed by atoms with Crippen LogP contribution in [0.5, 0.6) is 5.75 Å². The summed E-state index contributed by atoms with van der Waals surface area (Å²) in [4.78, 5) is 23.4. The molecule has 1 aromatic rings. The van der Waals surface area contributed by atoms with Crippen molar-refractivity contribution in [1.29, 1.82) is 0 Å². The summed E-state index contributed by atoms with van der Waals surface area (Å²) in [7, 11) is 1.51. The molecule has 3 rings (SSSR count). The van der Waals surface area contributed by atoms with Crippen molar-refractivity contribution in [3.05, 3.63) is 23.8 Å². The molecular formula is C15H17NO4. The van der Waals surface area contributed by atoms with Crippen molar-refractivity contribution in [3.63, 3.8) is 0 Å². The van der Waals surface area contributed by atoms with Crippen molar-refractivity contribution in [2.24, 2.45) is 17.8 Å². The number of anilines is 1. The number of aromatic carboxylic acids is 1. The first-order valence-electron chi connectivity index (χ1n) is 6.80. The molecule has 0 bridgehead atoms. The lowest BCUT2D eigenvalue weighted by atomic mass is 10.0. The van der Waals surface area contributed by atoms with Gasteiger partial charge in [0.1, 0.15) is 5.75 Å². The summed E-state index contributed by atoms with van der Waals surface area (Å²) < 4.78 is 5.08. The highest BCUT2D eigenvalue weighted by atomic mass is 16.5. The second-order valence-electron chi connectivity index (χ2n) is 5.63. The zero-order chi connectivity index (χ0) is 14.3. The van der Waals surface area contributed by atoms with Crippen LogP contribution in [-0.2, 0) is 4.79 Å². The Morgan fingerprint density at radius 1 is 1.25 bits per heavy atom. The Morgan fingerprint density at radius 2 is 1.95 bits per heavy atom. The molecule has 0 saturated heterocycles. The van der Waals surface area contributed by atoms with Gasteiger partial charge >= 0.3 is 5.97 Å². The topological polar surface area (TPSA) is 75.6 Å². The molecule has 2 atom stereocenters. The highest BCUT2D eigenvalue weighted by Crippen LogP contribution is 2.54. The van der Waals surface area contributed by atoms with Crippen molar-refractivity contribution in [1.82, 2.24) is 0 Å². The number of hydrogen-bond acceptors (Lipinski definition) is 3. The summed E-state index contributed by atoms with van der Waals surface area (Å²) >= 11 is 0. The van der Waals surface area contributed by atoms with Gasteiger partial charge in [0.15, 0.2) is 0 Å². The third kappa shape index (κ3) is 2.35. The standard InChI is InChI=1S/C15H17NO4/c1-20-11-2-3-12(15(18)19)13(7-11)16-14(17)10-5-8-4-9(8)6-10/h2-3,7-10H,4-6H2,1H3,(H,16,17)(H,18,19). The van der Waals surface area contributed by atoms with E-state index in [4.69, 9.17) is 9.84 Å². The number of benzene rings is 1. The van der Waals surface area contributed by atoms with Gasteiger partial charge in [-0.25, -0.2) is 4.79 Å². The van der Waals surface area contributed by atoms with Crippen molar-refractivity contribution < 1.29 is 19.4 Å². The van der Waals surface area contributed by atoms with Crippen LogP contribution in [0.4, 0.5) is 5.69 Å². The van der Waals surface area contributed by atoms with E-state index in [1.54, 1.807) is 12.1 Å². The van der Waals surface area contributed by atoms with Gasteiger partial charge in [0.05, 0.1) is 18.4 Å². The van der Waals surface area contributed by atoms with Crippen LogP contribution in [0.25, 0.3) is 0 Å². The lowest BCUT2D eigenvalue weighted by molar-refractivity contribution is -0.120. The van der Waals surface area contributed by atoms with E-state index in [1.807, 2.05) is 0 Å². The summed E-state index contributed by atoms with van der Waals surface area (Å²) in [5.74, 6) is 0.848. The Balaban J connectivity index is 1.77. The molecule has 2 aliphatic rings. The zero-order valence-corrected chi connectivity index (χ0v) is 11.3. The van der Waals surface area contributed by atoms with Gasteiger partial charge in [0.2, 0.25) is 5.91 Å². The number of hydrogen-bond donors (Lipinski definition) is 2. The second-order valence-corrected chi connectivity index (χ2v) is 5.63. The average molecular weight is 275 g/mol. The van der Waals surface area contributed by atoms with Gasteiger partial charge in [-0.05, 0) is 43.2 Å². The molecule has 2 N–H and O–H groups in total. The summed E-state index contributed by atoms with van der Waals surface area (Å²) in [6.45, 7) is 0. The van der Waals surface area contributed by atoms with E-state index in [1.165, 1.54) is 19.6 Å². The van der Waals surface area contributed by atoms with Gasteiger partial charge in [-0.15, -0.1) is 0 Å². The third-order valence-electron chi connectivity index (χ3n) is 4.33. The van der Waals surface area contributed by atoms with Crippen LogP contribution < -0.4 is 10.1 Å². The van der Waals surface area contributed by atoms with Gasteiger partial charge in [-0.1, -0.05) is 0 Å². The molecule has 0 aromatic heterocycles. The first-order valence-corrected chi connectivity index (χ1v) is 6.80. The van der Waals surface area contributed by atoms with Gasteiger partial charge in [-0.3, -0.25) is 4.79 Å². The number of carboxylic acids is 1. The molecule has 20 heavy (non-hydrogen) atoms. The summed E-state index contributed by atoms with van der Waals surface area (Å²) in [6, 6.07) is 4.57. The minimum absolute atomic E-state index is 0.0200. The first kappa shape index (κ1) is 13.0. The number of carboxylic acid groups (broad SMARTS) is 1. The highest BCUT2D eigenvalue weighted by Gasteiger charge is 2.48. The fourth-order valence-electron chi connectivity index (χ4n) is 3.10. The minimum atomic E-state index is -1.06. The predicted octanol–water partition coefficient (Wildman–Crippen LogP) is 2.38. The van der Waals surface area contributed by atoms with E-state index in [2.05, 4.69) is 5.32 Å². The number of carbonyl (C=O) groups excluding carboxylic acids is 1. The number of methoxy groups -OCH3 is 1. The van der Waals surface area contributed by atoms with E-state index in [0.717, 1.165) is 24.7 Å². The fraction of sp³-hybridized carbons (Fsp3) is 0.467. The van der Waals surface area contributed by atoms with Crippen molar-refractivity contribution in [2.45, 2.75) is 19.3 Å². The van der Waals surface area contributed by atoms with Crippen molar-refractivity contribution in [2.75, 3.05) is 12.4 Å². The van der Waals surface area contributed by atoms with Crippen LogP contribution in [-0.4, -0.2) is 24.1 Å². The molecule has 5 nitrogen and oxygen atoms in total. The van der Waals surface area contributed by atoms with E-state index < -0.39 is 5.97 Å². The molecule has 1 amide bonds. The highest BCUT2D eigenvalue weighted by molar-refractivity contribution is 6.01. The maximum Gasteiger partial charge on any atom is 0.337 e. The maximum absolute atomic E-state index is 12.2.